The van der Waals surface area contributed by atoms with E-state index in [1.165, 1.54) is 5.56 Å². The van der Waals surface area contributed by atoms with Gasteiger partial charge < -0.3 is 10.1 Å². The van der Waals surface area contributed by atoms with Crippen LogP contribution in [0.5, 0.6) is 5.75 Å². The van der Waals surface area contributed by atoms with Crippen LogP contribution in [0.2, 0.25) is 0 Å². The SMILES string of the molecule is Cc1cccc(C(=O)NCCOc2ccccc2C(C)C)c1. The average molecular weight is 297 g/mol. The summed E-state index contributed by atoms with van der Waals surface area (Å²) in [6.07, 6.45) is 0. The summed E-state index contributed by atoms with van der Waals surface area (Å²) in [5, 5.41) is 2.88. The van der Waals surface area contributed by atoms with Crippen LogP contribution in [0.3, 0.4) is 0 Å². The van der Waals surface area contributed by atoms with Gasteiger partial charge in [0.25, 0.3) is 5.91 Å². The predicted molar refractivity (Wildman–Crippen MR) is 89.5 cm³/mol. The zero-order valence-corrected chi connectivity index (χ0v) is 13.4. The van der Waals surface area contributed by atoms with Crippen molar-refractivity contribution in [2.45, 2.75) is 26.7 Å². The van der Waals surface area contributed by atoms with E-state index in [-0.39, 0.29) is 5.91 Å². The van der Waals surface area contributed by atoms with Gasteiger partial charge in [-0.15, -0.1) is 0 Å². The van der Waals surface area contributed by atoms with Gasteiger partial charge in [0.15, 0.2) is 0 Å². The number of carbonyl (C=O) groups excluding carboxylic acids is 1. The third-order valence-corrected chi connectivity index (χ3v) is 3.47. The van der Waals surface area contributed by atoms with Crippen LogP contribution in [-0.4, -0.2) is 19.1 Å². The highest BCUT2D eigenvalue weighted by atomic mass is 16.5. The van der Waals surface area contributed by atoms with Crippen LogP contribution in [0.4, 0.5) is 0 Å². The lowest BCUT2D eigenvalue weighted by Crippen LogP contribution is -2.28. The van der Waals surface area contributed by atoms with Crippen molar-refractivity contribution < 1.29 is 9.53 Å². The Morgan fingerprint density at radius 1 is 1.14 bits per heavy atom. The molecule has 0 aliphatic carbocycles. The summed E-state index contributed by atoms with van der Waals surface area (Å²) in [4.78, 5) is 12.0. The van der Waals surface area contributed by atoms with E-state index in [1.54, 1.807) is 0 Å². The van der Waals surface area contributed by atoms with Crippen LogP contribution in [-0.2, 0) is 0 Å². The molecule has 0 saturated heterocycles. The average Bonchev–Trinajstić information content (AvgIpc) is 2.51. The molecule has 0 aliphatic heterocycles. The van der Waals surface area contributed by atoms with Gasteiger partial charge in [0.1, 0.15) is 12.4 Å². The highest BCUT2D eigenvalue weighted by Crippen LogP contribution is 2.25. The summed E-state index contributed by atoms with van der Waals surface area (Å²) in [6.45, 7) is 7.20. The number of benzene rings is 2. The number of amides is 1. The Morgan fingerprint density at radius 3 is 2.64 bits per heavy atom. The summed E-state index contributed by atoms with van der Waals surface area (Å²) in [6, 6.07) is 15.6. The Kier molecular flexibility index (Phi) is 5.59. The van der Waals surface area contributed by atoms with Crippen LogP contribution in [0.1, 0.15) is 41.3 Å². The van der Waals surface area contributed by atoms with Crippen molar-refractivity contribution in [3.05, 3.63) is 65.2 Å². The molecule has 0 bridgehead atoms. The van der Waals surface area contributed by atoms with Crippen molar-refractivity contribution in [1.29, 1.82) is 0 Å². The van der Waals surface area contributed by atoms with E-state index in [9.17, 15) is 4.79 Å². The Morgan fingerprint density at radius 2 is 1.91 bits per heavy atom. The van der Waals surface area contributed by atoms with E-state index in [2.05, 4.69) is 25.2 Å². The highest BCUT2D eigenvalue weighted by Gasteiger charge is 2.07. The van der Waals surface area contributed by atoms with E-state index < -0.39 is 0 Å². The molecule has 3 nitrogen and oxygen atoms in total. The Labute approximate surface area is 132 Å². The molecule has 0 aromatic heterocycles. The maximum atomic E-state index is 12.0. The zero-order chi connectivity index (χ0) is 15.9. The minimum absolute atomic E-state index is 0.0653. The molecule has 2 aromatic carbocycles. The van der Waals surface area contributed by atoms with Gasteiger partial charge in [0, 0.05) is 5.56 Å². The van der Waals surface area contributed by atoms with Crippen molar-refractivity contribution in [2.75, 3.05) is 13.2 Å². The van der Waals surface area contributed by atoms with Crippen molar-refractivity contribution in [1.82, 2.24) is 5.32 Å². The molecule has 0 aliphatic rings. The van der Waals surface area contributed by atoms with Gasteiger partial charge >= 0.3 is 0 Å². The summed E-state index contributed by atoms with van der Waals surface area (Å²) >= 11 is 0. The number of nitrogens with one attached hydrogen (secondary N) is 1. The zero-order valence-electron chi connectivity index (χ0n) is 13.4. The van der Waals surface area contributed by atoms with E-state index in [1.807, 2.05) is 49.4 Å². The van der Waals surface area contributed by atoms with Gasteiger partial charge in [0.2, 0.25) is 0 Å². The van der Waals surface area contributed by atoms with Crippen molar-refractivity contribution >= 4 is 5.91 Å². The van der Waals surface area contributed by atoms with Gasteiger partial charge in [0.05, 0.1) is 6.54 Å². The third kappa shape index (κ3) is 4.35. The molecule has 0 saturated carbocycles. The molecule has 0 radical (unpaired) electrons. The highest BCUT2D eigenvalue weighted by molar-refractivity contribution is 5.94. The fourth-order valence-corrected chi connectivity index (χ4v) is 2.30. The van der Waals surface area contributed by atoms with Gasteiger partial charge in [-0.1, -0.05) is 49.7 Å². The summed E-state index contributed by atoms with van der Waals surface area (Å²) in [7, 11) is 0. The molecule has 22 heavy (non-hydrogen) atoms. The number of hydrogen-bond acceptors (Lipinski definition) is 2. The first-order valence-electron chi connectivity index (χ1n) is 7.64. The third-order valence-electron chi connectivity index (χ3n) is 3.47. The first-order chi connectivity index (χ1) is 10.6. The predicted octanol–water partition coefficient (Wildman–Crippen LogP) is 3.93. The van der Waals surface area contributed by atoms with Crippen LogP contribution < -0.4 is 10.1 Å². The lowest BCUT2D eigenvalue weighted by atomic mass is 10.0. The monoisotopic (exact) mass is 297 g/mol. The summed E-state index contributed by atoms with van der Waals surface area (Å²) in [5.74, 6) is 1.24. The van der Waals surface area contributed by atoms with Gasteiger partial charge in [-0.3, -0.25) is 4.79 Å². The molecule has 3 heteroatoms. The van der Waals surface area contributed by atoms with Crippen molar-refractivity contribution in [3.63, 3.8) is 0 Å². The second-order valence-electron chi connectivity index (χ2n) is 5.67. The van der Waals surface area contributed by atoms with Crippen LogP contribution in [0.25, 0.3) is 0 Å². The van der Waals surface area contributed by atoms with Gasteiger partial charge in [-0.2, -0.15) is 0 Å². The Balaban J connectivity index is 1.84. The number of rotatable bonds is 6. The largest absolute Gasteiger partial charge is 0.491 e. The molecule has 0 atom stereocenters. The molecular weight excluding hydrogens is 274 g/mol. The number of aryl methyl sites for hydroxylation is 1. The van der Waals surface area contributed by atoms with E-state index >= 15 is 0 Å². The van der Waals surface area contributed by atoms with E-state index in [0.717, 1.165) is 11.3 Å². The van der Waals surface area contributed by atoms with Crippen LogP contribution in [0.15, 0.2) is 48.5 Å². The fourth-order valence-electron chi connectivity index (χ4n) is 2.30. The Bertz CT molecular complexity index is 635. The lowest BCUT2D eigenvalue weighted by Gasteiger charge is -2.14. The Hall–Kier alpha value is -2.29. The minimum atomic E-state index is -0.0653. The normalized spacial score (nSPS) is 10.5. The maximum Gasteiger partial charge on any atom is 0.251 e. The standard InChI is InChI=1S/C19H23NO2/c1-14(2)17-9-4-5-10-18(17)22-12-11-20-19(21)16-8-6-7-15(3)13-16/h4-10,13-14H,11-12H2,1-3H3,(H,20,21). The molecule has 116 valence electrons. The number of hydrogen-bond donors (Lipinski definition) is 1. The number of carbonyl (C=O) groups is 1. The quantitative estimate of drug-likeness (QED) is 0.821. The summed E-state index contributed by atoms with van der Waals surface area (Å²) in [5.41, 5.74) is 2.95. The topological polar surface area (TPSA) is 38.3 Å². The molecule has 1 amide bonds. The van der Waals surface area contributed by atoms with Crippen LogP contribution >= 0.6 is 0 Å². The van der Waals surface area contributed by atoms with Gasteiger partial charge in [-0.05, 0) is 36.6 Å². The van der Waals surface area contributed by atoms with E-state index in [4.69, 9.17) is 4.74 Å². The first kappa shape index (κ1) is 16.1. The molecule has 0 unspecified atom stereocenters. The molecule has 1 N–H and O–H groups in total. The van der Waals surface area contributed by atoms with Gasteiger partial charge in [-0.25, -0.2) is 0 Å². The van der Waals surface area contributed by atoms with E-state index in [0.29, 0.717) is 24.6 Å². The number of para-hydroxylation sites is 1. The van der Waals surface area contributed by atoms with Crippen molar-refractivity contribution in [2.24, 2.45) is 0 Å². The molecule has 0 heterocycles. The van der Waals surface area contributed by atoms with Crippen LogP contribution in [0, 0.1) is 6.92 Å². The molecule has 2 rings (SSSR count). The molecule has 0 spiro atoms. The lowest BCUT2D eigenvalue weighted by molar-refractivity contribution is 0.0947. The van der Waals surface area contributed by atoms with Crippen molar-refractivity contribution in [3.8, 4) is 5.75 Å². The smallest absolute Gasteiger partial charge is 0.251 e. The number of ether oxygens (including phenoxy) is 1. The summed E-state index contributed by atoms with van der Waals surface area (Å²) < 4.78 is 5.79. The minimum Gasteiger partial charge on any atom is -0.491 e. The second-order valence-corrected chi connectivity index (χ2v) is 5.67. The first-order valence-corrected chi connectivity index (χ1v) is 7.64. The molecule has 0 fully saturated rings. The second kappa shape index (κ2) is 7.64. The fraction of sp³-hybridized carbons (Fsp3) is 0.316. The molecule has 2 aromatic rings. The molecular formula is C19H23NO2. The maximum absolute atomic E-state index is 12.0.